The predicted octanol–water partition coefficient (Wildman–Crippen LogP) is 4.56. The molecule has 0 fully saturated rings. The van der Waals surface area contributed by atoms with Crippen LogP contribution in [0.5, 0.6) is 0 Å². The maximum atomic E-state index is 11.6. The molecule has 2 N–H and O–H groups in total. The van der Waals surface area contributed by atoms with Gasteiger partial charge in [0.05, 0.1) is 7.11 Å². The van der Waals surface area contributed by atoms with E-state index in [2.05, 4.69) is 56.7 Å². The molecule has 0 unspecified atom stereocenters. The molecule has 0 aliphatic heterocycles. The van der Waals surface area contributed by atoms with Crippen molar-refractivity contribution >= 4 is 50.1 Å². The Morgan fingerprint density at radius 1 is 1.15 bits per heavy atom. The summed E-state index contributed by atoms with van der Waals surface area (Å²) in [6.07, 6.45) is 1.72. The first-order valence-electron chi connectivity index (χ1n) is 10.5. The van der Waals surface area contributed by atoms with Gasteiger partial charge in [0.15, 0.2) is 5.13 Å². The van der Waals surface area contributed by atoms with Crippen LogP contribution in [-0.2, 0) is 16.1 Å². The molecule has 3 heterocycles. The largest absolute Gasteiger partial charge is 0.468 e. The number of esters is 1. The number of methoxy groups -OCH3 is 1. The maximum absolute atomic E-state index is 11.6. The molecule has 0 saturated heterocycles. The smallest absolute Gasteiger partial charge is 0.322 e. The Labute approximate surface area is 196 Å². The molecule has 0 saturated carbocycles. The lowest BCUT2D eigenvalue weighted by Crippen LogP contribution is -2.34. The Bertz CT molecular complexity index is 1260. The molecule has 4 aromatic rings. The molecule has 170 valence electrons. The Balaban J connectivity index is 1.47. The molecule has 9 heteroatoms. The van der Waals surface area contributed by atoms with Crippen molar-refractivity contribution in [3.8, 4) is 0 Å². The van der Waals surface area contributed by atoms with Crippen molar-refractivity contribution in [2.75, 3.05) is 24.4 Å². The average molecular weight is 463 g/mol. The third-order valence-corrected chi connectivity index (χ3v) is 6.11. The molecule has 8 nitrogen and oxygen atoms in total. The summed E-state index contributed by atoms with van der Waals surface area (Å²) >= 11 is 1.48. The van der Waals surface area contributed by atoms with Gasteiger partial charge in [-0.2, -0.15) is 0 Å². The predicted molar refractivity (Wildman–Crippen MR) is 132 cm³/mol. The summed E-state index contributed by atoms with van der Waals surface area (Å²) in [6, 6.07) is 15.7. The van der Waals surface area contributed by atoms with Gasteiger partial charge in [0, 0.05) is 25.5 Å². The highest BCUT2D eigenvalue weighted by atomic mass is 32.1. The van der Waals surface area contributed by atoms with Gasteiger partial charge >= 0.3 is 5.97 Å². The minimum atomic E-state index is -0.387. The first-order chi connectivity index (χ1) is 15.9. The number of pyridine rings is 2. The van der Waals surface area contributed by atoms with Gasteiger partial charge < -0.3 is 20.3 Å². The standard InChI is InChI=1S/C24H26N6O2S/c1-15-5-7-18(8-6-15)30(3)21-10-9-19-22(29-21)33-24(27-19)28-20-13-17(11-12-25-20)14-26-16(2)23(31)32-4/h5-13,16,26H,14H2,1-4H3,(H,25,27,28)/t16-/m0/s1. The highest BCUT2D eigenvalue weighted by Crippen LogP contribution is 2.30. The minimum absolute atomic E-state index is 0.295. The number of anilines is 4. The van der Waals surface area contributed by atoms with E-state index >= 15 is 0 Å². The number of nitrogens with one attached hydrogen (secondary N) is 2. The molecule has 1 atom stereocenters. The fourth-order valence-electron chi connectivity index (χ4n) is 3.24. The molecule has 0 aliphatic carbocycles. The molecule has 0 bridgehead atoms. The molecular weight excluding hydrogens is 436 g/mol. The van der Waals surface area contributed by atoms with E-state index in [-0.39, 0.29) is 12.0 Å². The van der Waals surface area contributed by atoms with Crippen molar-refractivity contribution in [2.45, 2.75) is 26.4 Å². The topological polar surface area (TPSA) is 92.3 Å². The SMILES string of the molecule is COC(=O)[C@H](C)NCc1ccnc(Nc2nc3ccc(N(C)c4ccc(C)cc4)nc3s2)c1. The summed E-state index contributed by atoms with van der Waals surface area (Å²) < 4.78 is 4.74. The van der Waals surface area contributed by atoms with Gasteiger partial charge in [0.2, 0.25) is 0 Å². The molecule has 33 heavy (non-hydrogen) atoms. The number of hydrogen-bond donors (Lipinski definition) is 2. The number of carbonyl (C=O) groups is 1. The number of nitrogens with zero attached hydrogens (tertiary/aromatic N) is 4. The molecule has 4 rings (SSSR count). The van der Waals surface area contributed by atoms with Crippen LogP contribution >= 0.6 is 11.3 Å². The van der Waals surface area contributed by atoms with Crippen molar-refractivity contribution in [3.05, 3.63) is 65.9 Å². The minimum Gasteiger partial charge on any atom is -0.468 e. The van der Waals surface area contributed by atoms with Gasteiger partial charge in [-0.25, -0.2) is 15.0 Å². The van der Waals surface area contributed by atoms with E-state index in [0.29, 0.717) is 17.5 Å². The Morgan fingerprint density at radius 2 is 1.94 bits per heavy atom. The fraction of sp³-hybridized carbons (Fsp3) is 0.250. The lowest BCUT2D eigenvalue weighted by molar-refractivity contribution is -0.142. The first-order valence-corrected chi connectivity index (χ1v) is 11.4. The second-order valence-corrected chi connectivity index (χ2v) is 8.68. The van der Waals surface area contributed by atoms with Gasteiger partial charge in [-0.1, -0.05) is 29.0 Å². The number of ether oxygens (including phenoxy) is 1. The molecule has 0 aliphatic rings. The zero-order valence-electron chi connectivity index (χ0n) is 19.0. The van der Waals surface area contributed by atoms with E-state index in [1.807, 2.05) is 31.3 Å². The van der Waals surface area contributed by atoms with E-state index < -0.39 is 0 Å². The number of hydrogen-bond acceptors (Lipinski definition) is 9. The summed E-state index contributed by atoms with van der Waals surface area (Å²) in [5.41, 5.74) is 4.12. The van der Waals surface area contributed by atoms with Crippen LogP contribution in [-0.4, -0.2) is 41.1 Å². The number of thiazole rings is 1. The number of rotatable bonds is 8. The Morgan fingerprint density at radius 3 is 2.70 bits per heavy atom. The van der Waals surface area contributed by atoms with Crippen molar-refractivity contribution in [2.24, 2.45) is 0 Å². The third-order valence-electron chi connectivity index (χ3n) is 5.23. The molecular formula is C24H26N6O2S. The summed E-state index contributed by atoms with van der Waals surface area (Å²) in [6.45, 7) is 4.36. The lowest BCUT2D eigenvalue weighted by Gasteiger charge is -2.18. The van der Waals surface area contributed by atoms with Crippen molar-refractivity contribution in [1.29, 1.82) is 0 Å². The van der Waals surface area contributed by atoms with Gasteiger partial charge in [-0.15, -0.1) is 0 Å². The normalized spacial score (nSPS) is 11.9. The zero-order valence-corrected chi connectivity index (χ0v) is 19.8. The van der Waals surface area contributed by atoms with Crippen LogP contribution in [0.25, 0.3) is 10.3 Å². The monoisotopic (exact) mass is 462 g/mol. The van der Waals surface area contributed by atoms with Gasteiger partial charge in [-0.05, 0) is 55.8 Å². The zero-order chi connectivity index (χ0) is 23.4. The van der Waals surface area contributed by atoms with E-state index in [1.165, 1.54) is 24.0 Å². The lowest BCUT2D eigenvalue weighted by atomic mass is 10.2. The van der Waals surface area contributed by atoms with Crippen molar-refractivity contribution < 1.29 is 9.53 Å². The number of aromatic nitrogens is 3. The number of benzene rings is 1. The highest BCUT2D eigenvalue weighted by molar-refractivity contribution is 7.21. The van der Waals surface area contributed by atoms with E-state index in [4.69, 9.17) is 9.72 Å². The molecule has 0 amide bonds. The molecule has 3 aromatic heterocycles. The molecule has 0 spiro atoms. The summed E-state index contributed by atoms with van der Waals surface area (Å²) in [7, 11) is 3.38. The fourth-order valence-corrected chi connectivity index (χ4v) is 4.08. The Kier molecular flexibility index (Phi) is 6.81. The van der Waals surface area contributed by atoms with Crippen LogP contribution in [0.2, 0.25) is 0 Å². The van der Waals surface area contributed by atoms with Crippen LogP contribution in [0.4, 0.5) is 22.5 Å². The number of aryl methyl sites for hydroxylation is 1. The number of carbonyl (C=O) groups excluding carboxylic acids is 1. The molecule has 0 radical (unpaired) electrons. The van der Waals surface area contributed by atoms with Crippen LogP contribution in [0.15, 0.2) is 54.7 Å². The summed E-state index contributed by atoms with van der Waals surface area (Å²) in [5, 5.41) is 7.12. The van der Waals surface area contributed by atoms with Gasteiger partial charge in [0.25, 0.3) is 0 Å². The van der Waals surface area contributed by atoms with E-state index in [9.17, 15) is 4.79 Å². The van der Waals surface area contributed by atoms with Crippen LogP contribution in [0, 0.1) is 6.92 Å². The van der Waals surface area contributed by atoms with Crippen molar-refractivity contribution in [1.82, 2.24) is 20.3 Å². The number of fused-ring (bicyclic) bond motifs is 1. The van der Waals surface area contributed by atoms with Crippen LogP contribution in [0.3, 0.4) is 0 Å². The summed E-state index contributed by atoms with van der Waals surface area (Å²) in [5.74, 6) is 1.24. The van der Waals surface area contributed by atoms with E-state index in [1.54, 1.807) is 13.1 Å². The maximum Gasteiger partial charge on any atom is 0.322 e. The second-order valence-electron chi connectivity index (χ2n) is 7.71. The second kappa shape index (κ2) is 9.93. The first kappa shape index (κ1) is 22.6. The molecule has 1 aromatic carbocycles. The van der Waals surface area contributed by atoms with Crippen LogP contribution < -0.4 is 15.5 Å². The van der Waals surface area contributed by atoms with Gasteiger partial charge in [-0.3, -0.25) is 4.79 Å². The average Bonchev–Trinajstić information content (AvgIpc) is 3.23. The third kappa shape index (κ3) is 5.44. The Hall–Kier alpha value is -3.56. The van der Waals surface area contributed by atoms with Gasteiger partial charge in [0.1, 0.15) is 28.0 Å². The van der Waals surface area contributed by atoms with E-state index in [0.717, 1.165) is 27.4 Å². The summed E-state index contributed by atoms with van der Waals surface area (Å²) in [4.78, 5) is 28.3. The quantitative estimate of drug-likeness (QED) is 0.368. The highest BCUT2D eigenvalue weighted by Gasteiger charge is 2.13. The van der Waals surface area contributed by atoms with Crippen molar-refractivity contribution in [3.63, 3.8) is 0 Å². The van der Waals surface area contributed by atoms with Crippen LogP contribution in [0.1, 0.15) is 18.1 Å².